The largest absolute Gasteiger partial charge is 0.484 e. The predicted octanol–water partition coefficient (Wildman–Crippen LogP) is 2.92. The first-order valence-corrected chi connectivity index (χ1v) is 9.16. The molecule has 2 aromatic rings. The summed E-state index contributed by atoms with van der Waals surface area (Å²) >= 11 is 0. The molecule has 25 heavy (non-hydrogen) atoms. The first-order chi connectivity index (χ1) is 12.2. The summed E-state index contributed by atoms with van der Waals surface area (Å²) in [6, 6.07) is 7.71. The van der Waals surface area contributed by atoms with Crippen molar-refractivity contribution in [1.29, 1.82) is 0 Å². The van der Waals surface area contributed by atoms with Gasteiger partial charge in [0.2, 0.25) is 0 Å². The van der Waals surface area contributed by atoms with Gasteiger partial charge in [-0.15, -0.1) is 0 Å². The Morgan fingerprint density at radius 1 is 1.12 bits per heavy atom. The van der Waals surface area contributed by atoms with Crippen LogP contribution in [0.2, 0.25) is 0 Å². The Labute approximate surface area is 148 Å². The molecule has 1 amide bonds. The molecule has 6 nitrogen and oxygen atoms in total. The van der Waals surface area contributed by atoms with Gasteiger partial charge in [-0.25, -0.2) is 9.67 Å². The maximum Gasteiger partial charge on any atom is 0.260 e. The summed E-state index contributed by atoms with van der Waals surface area (Å²) in [5.74, 6) is 2.49. The third kappa shape index (κ3) is 4.18. The van der Waals surface area contributed by atoms with E-state index in [1.807, 2.05) is 33.8 Å². The van der Waals surface area contributed by atoms with Crippen molar-refractivity contribution >= 4 is 5.91 Å². The van der Waals surface area contributed by atoms with Crippen molar-refractivity contribution in [2.24, 2.45) is 0 Å². The van der Waals surface area contributed by atoms with Crippen LogP contribution in [0.15, 0.2) is 24.3 Å². The zero-order valence-corrected chi connectivity index (χ0v) is 15.1. The van der Waals surface area contributed by atoms with Crippen molar-refractivity contribution in [3.05, 3.63) is 30.1 Å². The van der Waals surface area contributed by atoms with Gasteiger partial charge in [-0.3, -0.25) is 4.79 Å². The van der Waals surface area contributed by atoms with E-state index in [0.717, 1.165) is 56.1 Å². The first-order valence-electron chi connectivity index (χ1n) is 9.16. The lowest BCUT2D eigenvalue weighted by atomic mass is 10.1. The number of amides is 1. The number of likely N-dealkylation sites (tertiary alicyclic amines) is 1. The van der Waals surface area contributed by atoms with E-state index < -0.39 is 0 Å². The van der Waals surface area contributed by atoms with Crippen molar-refractivity contribution in [3.8, 4) is 17.1 Å². The summed E-state index contributed by atoms with van der Waals surface area (Å²) in [5, 5.41) is 4.48. The van der Waals surface area contributed by atoms with Crippen LogP contribution >= 0.6 is 0 Å². The molecule has 1 aliphatic rings. The number of piperidine rings is 1. The number of nitrogens with zero attached hydrogens (tertiary/aromatic N) is 4. The van der Waals surface area contributed by atoms with Crippen molar-refractivity contribution in [1.82, 2.24) is 19.7 Å². The molecule has 0 N–H and O–H groups in total. The number of carbonyl (C=O) groups excluding carboxylic acids is 1. The fourth-order valence-corrected chi connectivity index (χ4v) is 3.05. The molecule has 1 saturated heterocycles. The quantitative estimate of drug-likeness (QED) is 0.810. The summed E-state index contributed by atoms with van der Waals surface area (Å²) in [7, 11) is 0. The van der Waals surface area contributed by atoms with Crippen LogP contribution in [0.25, 0.3) is 11.4 Å². The van der Waals surface area contributed by atoms with Gasteiger partial charge in [0.05, 0.1) is 0 Å². The Morgan fingerprint density at radius 2 is 1.84 bits per heavy atom. The van der Waals surface area contributed by atoms with E-state index >= 15 is 0 Å². The summed E-state index contributed by atoms with van der Waals surface area (Å²) in [6.07, 6.45) is 4.23. The van der Waals surface area contributed by atoms with Gasteiger partial charge in [-0.1, -0.05) is 6.92 Å². The van der Waals surface area contributed by atoms with Crippen molar-refractivity contribution in [3.63, 3.8) is 0 Å². The predicted molar refractivity (Wildman–Crippen MR) is 96.4 cm³/mol. The second kappa shape index (κ2) is 8.14. The van der Waals surface area contributed by atoms with Crippen LogP contribution in [0.4, 0.5) is 0 Å². The number of hydrogen-bond acceptors (Lipinski definition) is 4. The molecule has 1 aromatic heterocycles. The molecule has 2 heterocycles. The standard InChI is InChI=1S/C19H26N4O2/c1-3-17-20-19(23(4-2)21-17)15-8-10-16(11-9-15)25-14-18(24)22-12-6-5-7-13-22/h8-11H,3-7,12-14H2,1-2H3. The number of carbonyl (C=O) groups is 1. The number of benzene rings is 1. The van der Waals surface area contributed by atoms with Crippen LogP contribution in [-0.4, -0.2) is 45.3 Å². The second-order valence-corrected chi connectivity index (χ2v) is 6.28. The van der Waals surface area contributed by atoms with Gasteiger partial charge in [0.1, 0.15) is 5.75 Å². The Bertz CT molecular complexity index is 703. The van der Waals surface area contributed by atoms with Gasteiger partial charge in [-0.2, -0.15) is 5.10 Å². The topological polar surface area (TPSA) is 60.2 Å². The molecule has 0 radical (unpaired) electrons. The molecule has 0 atom stereocenters. The molecule has 0 unspecified atom stereocenters. The molecule has 1 fully saturated rings. The molecule has 134 valence electrons. The highest BCUT2D eigenvalue weighted by Crippen LogP contribution is 2.21. The molecule has 1 aromatic carbocycles. The van der Waals surface area contributed by atoms with Gasteiger partial charge in [0.25, 0.3) is 5.91 Å². The second-order valence-electron chi connectivity index (χ2n) is 6.28. The van der Waals surface area contributed by atoms with Gasteiger partial charge in [0.15, 0.2) is 18.3 Å². The number of aryl methyl sites for hydroxylation is 2. The van der Waals surface area contributed by atoms with E-state index in [-0.39, 0.29) is 12.5 Å². The van der Waals surface area contributed by atoms with Crippen LogP contribution in [0.1, 0.15) is 38.9 Å². The highest BCUT2D eigenvalue weighted by Gasteiger charge is 2.17. The Kier molecular flexibility index (Phi) is 5.68. The molecule has 0 spiro atoms. The first kappa shape index (κ1) is 17.5. The highest BCUT2D eigenvalue weighted by molar-refractivity contribution is 5.77. The zero-order chi connectivity index (χ0) is 17.6. The van der Waals surface area contributed by atoms with E-state index in [9.17, 15) is 4.79 Å². The minimum absolute atomic E-state index is 0.0714. The number of aromatic nitrogens is 3. The van der Waals surface area contributed by atoms with E-state index in [4.69, 9.17) is 4.74 Å². The van der Waals surface area contributed by atoms with Crippen LogP contribution in [0.5, 0.6) is 5.75 Å². The van der Waals surface area contributed by atoms with E-state index in [0.29, 0.717) is 5.75 Å². The average Bonchev–Trinajstić information content (AvgIpc) is 3.11. The van der Waals surface area contributed by atoms with Gasteiger partial charge < -0.3 is 9.64 Å². The number of ether oxygens (including phenoxy) is 1. The van der Waals surface area contributed by atoms with E-state index in [2.05, 4.69) is 23.9 Å². The maximum atomic E-state index is 12.2. The minimum atomic E-state index is 0.0714. The zero-order valence-electron chi connectivity index (χ0n) is 15.1. The lowest BCUT2D eigenvalue weighted by Crippen LogP contribution is -2.38. The van der Waals surface area contributed by atoms with Crippen LogP contribution in [0, 0.1) is 0 Å². The van der Waals surface area contributed by atoms with Crippen LogP contribution in [-0.2, 0) is 17.8 Å². The normalized spacial score (nSPS) is 14.6. The van der Waals surface area contributed by atoms with Gasteiger partial charge in [-0.05, 0) is 50.5 Å². The molecule has 6 heteroatoms. The lowest BCUT2D eigenvalue weighted by Gasteiger charge is -2.26. The van der Waals surface area contributed by atoms with Gasteiger partial charge in [0, 0.05) is 31.6 Å². The number of rotatable bonds is 6. The van der Waals surface area contributed by atoms with Crippen molar-refractivity contribution in [2.45, 2.75) is 46.1 Å². The highest BCUT2D eigenvalue weighted by atomic mass is 16.5. The summed E-state index contributed by atoms with van der Waals surface area (Å²) in [6.45, 7) is 6.70. The summed E-state index contributed by atoms with van der Waals surface area (Å²) in [5.41, 5.74) is 1.00. The van der Waals surface area contributed by atoms with Crippen LogP contribution in [0.3, 0.4) is 0 Å². The SMILES string of the molecule is CCc1nc(-c2ccc(OCC(=O)N3CCCCC3)cc2)n(CC)n1. The Morgan fingerprint density at radius 3 is 2.48 bits per heavy atom. The smallest absolute Gasteiger partial charge is 0.260 e. The fourth-order valence-electron chi connectivity index (χ4n) is 3.05. The third-order valence-corrected chi connectivity index (χ3v) is 4.51. The van der Waals surface area contributed by atoms with Crippen molar-refractivity contribution in [2.75, 3.05) is 19.7 Å². The lowest BCUT2D eigenvalue weighted by molar-refractivity contribution is -0.134. The third-order valence-electron chi connectivity index (χ3n) is 4.51. The Balaban J connectivity index is 1.62. The average molecular weight is 342 g/mol. The number of hydrogen-bond donors (Lipinski definition) is 0. The Hall–Kier alpha value is -2.37. The molecule has 0 bridgehead atoms. The fraction of sp³-hybridized carbons (Fsp3) is 0.526. The minimum Gasteiger partial charge on any atom is -0.484 e. The van der Waals surface area contributed by atoms with Gasteiger partial charge >= 0.3 is 0 Å². The molecule has 1 aliphatic heterocycles. The molecule has 3 rings (SSSR count). The molecular weight excluding hydrogens is 316 g/mol. The molecular formula is C19H26N4O2. The summed E-state index contributed by atoms with van der Waals surface area (Å²) < 4.78 is 7.57. The van der Waals surface area contributed by atoms with E-state index in [1.165, 1.54) is 6.42 Å². The monoisotopic (exact) mass is 342 g/mol. The summed E-state index contributed by atoms with van der Waals surface area (Å²) in [4.78, 5) is 18.6. The van der Waals surface area contributed by atoms with Crippen LogP contribution < -0.4 is 4.74 Å². The maximum absolute atomic E-state index is 12.2. The molecule has 0 saturated carbocycles. The van der Waals surface area contributed by atoms with Crippen molar-refractivity contribution < 1.29 is 9.53 Å². The van der Waals surface area contributed by atoms with E-state index in [1.54, 1.807) is 0 Å². The molecule has 0 aliphatic carbocycles.